The molecule has 1 aromatic carbocycles. The zero-order valence-electron chi connectivity index (χ0n) is 16.6. The minimum Gasteiger partial charge on any atom is -0.491 e. The van der Waals surface area contributed by atoms with E-state index in [0.717, 1.165) is 23.5 Å². The number of hydrogen-bond donors (Lipinski definition) is 2. The lowest BCUT2D eigenvalue weighted by Crippen LogP contribution is -2.59. The molecular weight excluding hydrogens is 322 g/mol. The first-order valence-corrected chi connectivity index (χ1v) is 10.6. The maximum absolute atomic E-state index is 10.4. The van der Waals surface area contributed by atoms with E-state index >= 15 is 0 Å². The van der Waals surface area contributed by atoms with E-state index in [2.05, 4.69) is 38.2 Å². The van der Waals surface area contributed by atoms with Crippen LogP contribution in [0.3, 0.4) is 0 Å². The second-order valence-electron chi connectivity index (χ2n) is 9.72. The maximum atomic E-state index is 10.4. The van der Waals surface area contributed by atoms with E-state index in [1.54, 1.807) is 0 Å². The van der Waals surface area contributed by atoms with Gasteiger partial charge < -0.3 is 15.2 Å². The first kappa shape index (κ1) is 18.3. The molecule has 26 heavy (non-hydrogen) atoms. The first-order valence-electron chi connectivity index (χ1n) is 10.6. The lowest BCUT2D eigenvalue weighted by Gasteiger charge is -2.57. The number of β-amino-alcohol motifs (C(OH)–C–C–N with tert-alkyl or cyclic N) is 1. The van der Waals surface area contributed by atoms with E-state index in [-0.39, 0.29) is 0 Å². The third kappa shape index (κ3) is 3.80. The van der Waals surface area contributed by atoms with Crippen molar-refractivity contribution in [2.45, 2.75) is 76.9 Å². The number of benzene rings is 1. The van der Waals surface area contributed by atoms with Gasteiger partial charge in [-0.1, -0.05) is 19.9 Å². The second-order valence-corrected chi connectivity index (χ2v) is 9.72. The summed E-state index contributed by atoms with van der Waals surface area (Å²) in [5.41, 5.74) is 2.94. The fourth-order valence-electron chi connectivity index (χ4n) is 6.30. The molecule has 4 fully saturated rings. The molecule has 0 spiro atoms. The van der Waals surface area contributed by atoms with Gasteiger partial charge in [0, 0.05) is 12.1 Å². The van der Waals surface area contributed by atoms with E-state index in [1.165, 1.54) is 49.7 Å². The standard InChI is InChI=1S/C23H35NO2/c1-15(2)22-5-4-21(6-16(22)3)26-14-20(25)13-24-23-10-17-7-18(11-23)9-19(8-17)12-23/h4-6,15,17-20,24-25H,7-14H2,1-3H3. The molecular formula is C23H35NO2. The molecule has 0 saturated heterocycles. The van der Waals surface area contributed by atoms with Crippen molar-refractivity contribution in [3.05, 3.63) is 29.3 Å². The van der Waals surface area contributed by atoms with Gasteiger partial charge in [-0.25, -0.2) is 0 Å². The average Bonchev–Trinajstić information content (AvgIpc) is 2.57. The van der Waals surface area contributed by atoms with Crippen LogP contribution in [0.4, 0.5) is 0 Å². The molecule has 1 unspecified atom stereocenters. The van der Waals surface area contributed by atoms with Crippen LogP contribution in [0.5, 0.6) is 5.75 Å². The summed E-state index contributed by atoms with van der Waals surface area (Å²) in [5.74, 6) is 4.19. The number of aliphatic hydroxyl groups excluding tert-OH is 1. The Morgan fingerprint density at radius 2 is 1.73 bits per heavy atom. The Morgan fingerprint density at radius 3 is 2.27 bits per heavy atom. The summed E-state index contributed by atoms with van der Waals surface area (Å²) < 4.78 is 5.86. The van der Waals surface area contributed by atoms with E-state index in [4.69, 9.17) is 4.74 Å². The Hall–Kier alpha value is -1.06. The van der Waals surface area contributed by atoms with Crippen LogP contribution in [0, 0.1) is 24.7 Å². The van der Waals surface area contributed by atoms with Crippen LogP contribution < -0.4 is 10.1 Å². The predicted octanol–water partition coefficient (Wildman–Crippen LogP) is 4.42. The van der Waals surface area contributed by atoms with Crippen LogP contribution in [0.2, 0.25) is 0 Å². The molecule has 3 nitrogen and oxygen atoms in total. The molecule has 4 bridgehead atoms. The van der Waals surface area contributed by atoms with E-state index in [1.807, 2.05) is 6.07 Å². The molecule has 4 aliphatic carbocycles. The van der Waals surface area contributed by atoms with Gasteiger partial charge in [-0.15, -0.1) is 0 Å². The summed E-state index contributed by atoms with van der Waals surface area (Å²) in [4.78, 5) is 0. The van der Waals surface area contributed by atoms with E-state index < -0.39 is 6.10 Å². The van der Waals surface area contributed by atoms with Crippen LogP contribution in [0.15, 0.2) is 18.2 Å². The molecule has 0 radical (unpaired) electrons. The van der Waals surface area contributed by atoms with Gasteiger partial charge in [-0.2, -0.15) is 0 Å². The van der Waals surface area contributed by atoms with Crippen molar-refractivity contribution >= 4 is 0 Å². The zero-order chi connectivity index (χ0) is 18.3. The second kappa shape index (κ2) is 7.16. The molecule has 0 heterocycles. The van der Waals surface area contributed by atoms with Gasteiger partial charge in [0.15, 0.2) is 0 Å². The third-order valence-corrected chi connectivity index (χ3v) is 7.06. The van der Waals surface area contributed by atoms with Crippen molar-refractivity contribution in [1.29, 1.82) is 0 Å². The van der Waals surface area contributed by atoms with Gasteiger partial charge in [-0.3, -0.25) is 0 Å². The quantitative estimate of drug-likeness (QED) is 0.759. The fourth-order valence-corrected chi connectivity index (χ4v) is 6.30. The number of aliphatic hydroxyl groups is 1. The monoisotopic (exact) mass is 357 g/mol. The van der Waals surface area contributed by atoms with Crippen LogP contribution >= 0.6 is 0 Å². The lowest BCUT2D eigenvalue weighted by molar-refractivity contribution is -0.0266. The van der Waals surface area contributed by atoms with E-state index in [9.17, 15) is 5.11 Å². The summed E-state index contributed by atoms with van der Waals surface area (Å²) in [5, 5.41) is 14.2. The highest BCUT2D eigenvalue weighted by atomic mass is 16.5. The van der Waals surface area contributed by atoms with Gasteiger partial charge >= 0.3 is 0 Å². The molecule has 4 saturated carbocycles. The zero-order valence-corrected chi connectivity index (χ0v) is 16.6. The normalized spacial score (nSPS) is 33.7. The van der Waals surface area contributed by atoms with Crippen molar-refractivity contribution in [3.8, 4) is 5.75 Å². The molecule has 1 atom stereocenters. The Balaban J connectivity index is 1.27. The number of aryl methyl sites for hydroxylation is 1. The topological polar surface area (TPSA) is 41.5 Å². The summed E-state index contributed by atoms with van der Waals surface area (Å²) in [6.07, 6.45) is 7.88. The van der Waals surface area contributed by atoms with Gasteiger partial charge in [0.2, 0.25) is 0 Å². The molecule has 5 rings (SSSR count). The van der Waals surface area contributed by atoms with Crippen molar-refractivity contribution in [1.82, 2.24) is 5.32 Å². The van der Waals surface area contributed by atoms with Gasteiger partial charge in [-0.05, 0) is 92.4 Å². The van der Waals surface area contributed by atoms with E-state index in [0.29, 0.717) is 24.6 Å². The minimum atomic E-state index is -0.451. The molecule has 2 N–H and O–H groups in total. The summed E-state index contributed by atoms with van der Waals surface area (Å²) in [6, 6.07) is 6.27. The highest BCUT2D eigenvalue weighted by Gasteiger charge is 2.50. The highest BCUT2D eigenvalue weighted by Crippen LogP contribution is 2.55. The number of nitrogens with one attached hydrogen (secondary N) is 1. The Labute approximate surface area is 158 Å². The summed E-state index contributed by atoms with van der Waals surface area (Å²) in [6.45, 7) is 7.56. The Morgan fingerprint density at radius 1 is 1.12 bits per heavy atom. The minimum absolute atomic E-state index is 0.311. The van der Waals surface area contributed by atoms with Crippen molar-refractivity contribution in [2.75, 3.05) is 13.2 Å². The van der Waals surface area contributed by atoms with Crippen molar-refractivity contribution < 1.29 is 9.84 Å². The highest BCUT2D eigenvalue weighted by molar-refractivity contribution is 5.36. The van der Waals surface area contributed by atoms with Gasteiger partial charge in [0.1, 0.15) is 18.5 Å². The maximum Gasteiger partial charge on any atom is 0.119 e. The molecule has 4 aliphatic rings. The molecule has 0 aromatic heterocycles. The van der Waals surface area contributed by atoms with Crippen molar-refractivity contribution in [2.24, 2.45) is 17.8 Å². The average molecular weight is 358 g/mol. The molecule has 3 heteroatoms. The van der Waals surface area contributed by atoms with Crippen molar-refractivity contribution in [3.63, 3.8) is 0 Å². The largest absolute Gasteiger partial charge is 0.491 e. The SMILES string of the molecule is Cc1cc(OCC(O)CNC23CC4CC(CC(C4)C2)C3)ccc1C(C)C. The first-order chi connectivity index (χ1) is 12.4. The third-order valence-electron chi connectivity index (χ3n) is 7.06. The molecule has 144 valence electrons. The Bertz CT molecular complexity index is 604. The summed E-state index contributed by atoms with van der Waals surface area (Å²) in [7, 11) is 0. The van der Waals surface area contributed by atoms with Crippen LogP contribution in [0.25, 0.3) is 0 Å². The number of rotatable bonds is 7. The predicted molar refractivity (Wildman–Crippen MR) is 106 cm³/mol. The molecule has 0 aliphatic heterocycles. The molecule has 1 aromatic rings. The summed E-state index contributed by atoms with van der Waals surface area (Å²) >= 11 is 0. The number of ether oxygens (including phenoxy) is 1. The fraction of sp³-hybridized carbons (Fsp3) is 0.739. The smallest absolute Gasteiger partial charge is 0.119 e. The van der Waals surface area contributed by atoms with Crippen LogP contribution in [-0.2, 0) is 0 Å². The van der Waals surface area contributed by atoms with Crippen LogP contribution in [0.1, 0.15) is 69.4 Å². The number of hydrogen-bond acceptors (Lipinski definition) is 3. The lowest BCUT2D eigenvalue weighted by atomic mass is 9.53. The van der Waals surface area contributed by atoms with Crippen LogP contribution in [-0.4, -0.2) is 29.9 Å². The van der Waals surface area contributed by atoms with Gasteiger partial charge in [0.25, 0.3) is 0 Å². The Kier molecular flexibility index (Phi) is 5.04. The van der Waals surface area contributed by atoms with Gasteiger partial charge in [0.05, 0.1) is 0 Å². The molecule has 0 amide bonds.